The van der Waals surface area contributed by atoms with Gasteiger partial charge < -0.3 is 9.80 Å². The van der Waals surface area contributed by atoms with Crippen LogP contribution in [0.5, 0.6) is 0 Å². The summed E-state index contributed by atoms with van der Waals surface area (Å²) < 4.78 is 26.6. The molecule has 0 aromatic heterocycles. The Hall–Kier alpha value is -2.76. The van der Waals surface area contributed by atoms with Crippen LogP contribution < -0.4 is 9.80 Å². The van der Waals surface area contributed by atoms with Crippen molar-refractivity contribution in [2.75, 3.05) is 22.9 Å². The highest BCUT2D eigenvalue weighted by Gasteiger charge is 2.19. The average Bonchev–Trinajstić information content (AvgIpc) is 2.58. The van der Waals surface area contributed by atoms with Gasteiger partial charge in [-0.3, -0.25) is 9.59 Å². The maximum atomic E-state index is 13.5. The quantitative estimate of drug-likeness (QED) is 0.779. The van der Waals surface area contributed by atoms with Gasteiger partial charge in [-0.15, -0.1) is 0 Å². The van der Waals surface area contributed by atoms with Crippen LogP contribution in [0.1, 0.15) is 25.8 Å². The number of nitrogens with zero attached hydrogens (tertiary/aromatic N) is 2. The fourth-order valence-electron chi connectivity index (χ4n) is 2.76. The molecule has 0 unspecified atom stereocenters. The Morgan fingerprint density at radius 1 is 0.962 bits per heavy atom. The summed E-state index contributed by atoms with van der Waals surface area (Å²) in [5.41, 5.74) is 2.06. The smallest absolute Gasteiger partial charge is 0.228 e. The van der Waals surface area contributed by atoms with Crippen molar-refractivity contribution in [3.63, 3.8) is 0 Å². The molecule has 2 amide bonds. The van der Waals surface area contributed by atoms with E-state index in [9.17, 15) is 18.4 Å². The predicted molar refractivity (Wildman–Crippen MR) is 98.2 cm³/mol. The molecule has 6 heteroatoms. The molecule has 0 saturated carbocycles. The van der Waals surface area contributed by atoms with Crippen LogP contribution in [0.2, 0.25) is 0 Å². The van der Waals surface area contributed by atoms with E-state index in [4.69, 9.17) is 0 Å². The van der Waals surface area contributed by atoms with E-state index >= 15 is 0 Å². The molecule has 0 bridgehead atoms. The second-order valence-electron chi connectivity index (χ2n) is 6.00. The first-order chi connectivity index (χ1) is 12.3. The molecule has 0 radical (unpaired) electrons. The Morgan fingerprint density at radius 3 is 2.23 bits per heavy atom. The summed E-state index contributed by atoms with van der Waals surface area (Å²) in [7, 11) is 0. The van der Waals surface area contributed by atoms with Crippen LogP contribution >= 0.6 is 0 Å². The van der Waals surface area contributed by atoms with Gasteiger partial charge in [0.05, 0.1) is 0 Å². The SMILES string of the molecule is CCN(C(=O)CCN(C(C)=O)c1ccc(F)c(F)c1)c1cccc(C)c1. The third-order valence-electron chi connectivity index (χ3n) is 4.07. The van der Waals surface area contributed by atoms with Crippen LogP contribution in [-0.2, 0) is 9.59 Å². The van der Waals surface area contributed by atoms with E-state index in [0.29, 0.717) is 6.54 Å². The molecular formula is C20H22F2N2O2. The van der Waals surface area contributed by atoms with Crippen molar-refractivity contribution < 1.29 is 18.4 Å². The van der Waals surface area contributed by atoms with E-state index in [-0.39, 0.29) is 30.5 Å². The number of amides is 2. The maximum absolute atomic E-state index is 13.5. The van der Waals surface area contributed by atoms with Gasteiger partial charge in [0.1, 0.15) is 0 Å². The van der Waals surface area contributed by atoms with Crippen molar-refractivity contribution in [1.29, 1.82) is 0 Å². The highest BCUT2D eigenvalue weighted by molar-refractivity contribution is 5.96. The minimum Gasteiger partial charge on any atom is -0.313 e. The van der Waals surface area contributed by atoms with Crippen molar-refractivity contribution in [1.82, 2.24) is 0 Å². The summed E-state index contributed by atoms with van der Waals surface area (Å²) in [5.74, 6) is -2.51. The highest BCUT2D eigenvalue weighted by Crippen LogP contribution is 2.20. The van der Waals surface area contributed by atoms with Gasteiger partial charge in [-0.25, -0.2) is 8.78 Å². The van der Waals surface area contributed by atoms with Crippen LogP contribution in [0.25, 0.3) is 0 Å². The normalized spacial score (nSPS) is 10.5. The third kappa shape index (κ3) is 4.65. The molecule has 4 nitrogen and oxygen atoms in total. The monoisotopic (exact) mass is 360 g/mol. The Labute approximate surface area is 152 Å². The van der Waals surface area contributed by atoms with Gasteiger partial charge >= 0.3 is 0 Å². The van der Waals surface area contributed by atoms with Gasteiger partial charge in [0.15, 0.2) is 11.6 Å². The van der Waals surface area contributed by atoms with E-state index in [1.165, 1.54) is 17.9 Å². The summed E-state index contributed by atoms with van der Waals surface area (Å²) in [6.07, 6.45) is 0.0698. The van der Waals surface area contributed by atoms with Crippen molar-refractivity contribution >= 4 is 23.2 Å². The maximum Gasteiger partial charge on any atom is 0.228 e. The molecule has 0 aliphatic carbocycles. The number of anilines is 2. The molecule has 0 aliphatic heterocycles. The topological polar surface area (TPSA) is 40.6 Å². The summed E-state index contributed by atoms with van der Waals surface area (Å²) in [6.45, 7) is 5.72. The number of carbonyl (C=O) groups excluding carboxylic acids is 2. The zero-order valence-electron chi connectivity index (χ0n) is 15.1. The number of rotatable bonds is 6. The van der Waals surface area contributed by atoms with Crippen molar-refractivity contribution in [2.24, 2.45) is 0 Å². The lowest BCUT2D eigenvalue weighted by molar-refractivity contribution is -0.118. The Kier molecular flexibility index (Phi) is 6.44. The molecule has 0 atom stereocenters. The lowest BCUT2D eigenvalue weighted by atomic mass is 10.2. The summed E-state index contributed by atoms with van der Waals surface area (Å²) in [6, 6.07) is 10.8. The molecule has 138 valence electrons. The molecule has 26 heavy (non-hydrogen) atoms. The van der Waals surface area contributed by atoms with E-state index < -0.39 is 11.6 Å². The first-order valence-electron chi connectivity index (χ1n) is 8.43. The van der Waals surface area contributed by atoms with Crippen LogP contribution in [0.15, 0.2) is 42.5 Å². The lowest BCUT2D eigenvalue weighted by Crippen LogP contribution is -2.36. The minimum absolute atomic E-state index is 0.0698. The molecule has 0 N–H and O–H groups in total. The van der Waals surface area contributed by atoms with Gasteiger partial charge in [-0.2, -0.15) is 0 Å². The molecule has 0 fully saturated rings. The zero-order chi connectivity index (χ0) is 19.3. The number of carbonyl (C=O) groups is 2. The first kappa shape index (κ1) is 19.6. The fraction of sp³-hybridized carbons (Fsp3) is 0.300. The largest absolute Gasteiger partial charge is 0.313 e. The Morgan fingerprint density at radius 2 is 1.65 bits per heavy atom. The number of halogens is 2. The van der Waals surface area contributed by atoms with Gasteiger partial charge in [0, 0.05) is 43.9 Å². The van der Waals surface area contributed by atoms with Crippen LogP contribution in [-0.4, -0.2) is 24.9 Å². The molecule has 2 aromatic carbocycles. The van der Waals surface area contributed by atoms with E-state index in [2.05, 4.69) is 0 Å². The van der Waals surface area contributed by atoms with E-state index in [1.807, 2.05) is 38.1 Å². The average molecular weight is 360 g/mol. The molecule has 0 aliphatic rings. The molecule has 2 aromatic rings. The second kappa shape index (κ2) is 8.56. The molecular weight excluding hydrogens is 338 g/mol. The third-order valence-corrected chi connectivity index (χ3v) is 4.07. The van der Waals surface area contributed by atoms with Gasteiger partial charge in [0.25, 0.3) is 0 Å². The standard InChI is InChI=1S/C20H22F2N2O2/c1-4-23(16-7-5-6-14(2)12-16)20(26)10-11-24(15(3)25)17-8-9-18(21)19(22)13-17/h5-9,12-13H,4,10-11H2,1-3H3. The zero-order valence-corrected chi connectivity index (χ0v) is 15.1. The van der Waals surface area contributed by atoms with Gasteiger partial charge in [-0.05, 0) is 43.7 Å². The summed E-state index contributed by atoms with van der Waals surface area (Å²) >= 11 is 0. The van der Waals surface area contributed by atoms with E-state index in [0.717, 1.165) is 23.4 Å². The number of hydrogen-bond acceptors (Lipinski definition) is 2. The lowest BCUT2D eigenvalue weighted by Gasteiger charge is -2.25. The summed E-state index contributed by atoms with van der Waals surface area (Å²) in [5, 5.41) is 0. The number of hydrogen-bond donors (Lipinski definition) is 0. The molecule has 2 rings (SSSR count). The minimum atomic E-state index is -1.03. The second-order valence-corrected chi connectivity index (χ2v) is 6.00. The molecule has 0 heterocycles. The predicted octanol–water partition coefficient (Wildman–Crippen LogP) is 4.07. The van der Waals surface area contributed by atoms with Gasteiger partial charge in [0.2, 0.25) is 11.8 Å². The van der Waals surface area contributed by atoms with E-state index in [1.54, 1.807) is 4.90 Å². The van der Waals surface area contributed by atoms with Crippen LogP contribution in [0.4, 0.5) is 20.2 Å². The van der Waals surface area contributed by atoms with Crippen molar-refractivity contribution in [2.45, 2.75) is 27.2 Å². The van der Waals surface area contributed by atoms with Gasteiger partial charge in [-0.1, -0.05) is 12.1 Å². The summed E-state index contributed by atoms with van der Waals surface area (Å²) in [4.78, 5) is 27.4. The molecule has 0 saturated heterocycles. The number of benzene rings is 2. The molecule has 0 spiro atoms. The Balaban J connectivity index is 2.13. The van der Waals surface area contributed by atoms with Crippen LogP contribution in [0.3, 0.4) is 0 Å². The van der Waals surface area contributed by atoms with Crippen molar-refractivity contribution in [3.8, 4) is 0 Å². The highest BCUT2D eigenvalue weighted by atomic mass is 19.2. The number of aryl methyl sites for hydroxylation is 1. The Bertz CT molecular complexity index is 808. The van der Waals surface area contributed by atoms with Crippen LogP contribution in [0, 0.1) is 18.6 Å². The first-order valence-corrected chi connectivity index (χ1v) is 8.43. The van der Waals surface area contributed by atoms with Crippen molar-refractivity contribution in [3.05, 3.63) is 59.7 Å². The fourth-order valence-corrected chi connectivity index (χ4v) is 2.76.